The predicted molar refractivity (Wildman–Crippen MR) is 65.6 cm³/mol. The molecule has 0 fully saturated rings. The highest BCUT2D eigenvalue weighted by Crippen LogP contribution is 2.21. The summed E-state index contributed by atoms with van der Waals surface area (Å²) in [4.78, 5) is 11.7. The first-order chi connectivity index (χ1) is 7.19. The summed E-state index contributed by atoms with van der Waals surface area (Å²) >= 11 is 3.37. The molecule has 0 spiro atoms. The molecule has 3 nitrogen and oxygen atoms in total. The van der Waals surface area contributed by atoms with Gasteiger partial charge in [-0.2, -0.15) is 0 Å². The molecule has 4 heteroatoms. The number of carbonyl (C=O) groups excluding carboxylic acids is 1. The second-order valence-electron chi connectivity index (χ2n) is 3.31. The molecule has 0 aliphatic heterocycles. The van der Waals surface area contributed by atoms with E-state index in [4.69, 9.17) is 5.73 Å². The highest BCUT2D eigenvalue weighted by molar-refractivity contribution is 9.10. The van der Waals surface area contributed by atoms with Crippen molar-refractivity contribution in [2.75, 3.05) is 11.9 Å². The summed E-state index contributed by atoms with van der Waals surface area (Å²) in [5.41, 5.74) is 6.29. The molecule has 1 aromatic carbocycles. The molecule has 15 heavy (non-hydrogen) atoms. The number of amides is 1. The van der Waals surface area contributed by atoms with Crippen molar-refractivity contribution in [3.63, 3.8) is 0 Å². The first-order valence-corrected chi connectivity index (χ1v) is 5.73. The van der Waals surface area contributed by atoms with Gasteiger partial charge in [-0.05, 0) is 34.5 Å². The van der Waals surface area contributed by atoms with Crippen LogP contribution in [0.5, 0.6) is 0 Å². The van der Waals surface area contributed by atoms with E-state index in [0.29, 0.717) is 6.54 Å². The van der Waals surface area contributed by atoms with Crippen LogP contribution in [0, 0.1) is 5.92 Å². The van der Waals surface area contributed by atoms with Crippen molar-refractivity contribution in [2.24, 2.45) is 11.7 Å². The van der Waals surface area contributed by atoms with Crippen molar-refractivity contribution in [1.82, 2.24) is 0 Å². The van der Waals surface area contributed by atoms with Gasteiger partial charge in [-0.3, -0.25) is 4.79 Å². The summed E-state index contributed by atoms with van der Waals surface area (Å²) in [5.74, 6) is -0.135. The summed E-state index contributed by atoms with van der Waals surface area (Å²) in [7, 11) is 0. The Balaban J connectivity index is 2.70. The lowest BCUT2D eigenvalue weighted by atomic mass is 10.1. The third-order valence-electron chi connectivity index (χ3n) is 2.28. The molecule has 0 saturated carbocycles. The van der Waals surface area contributed by atoms with Crippen molar-refractivity contribution in [3.8, 4) is 0 Å². The van der Waals surface area contributed by atoms with Crippen molar-refractivity contribution >= 4 is 27.5 Å². The van der Waals surface area contributed by atoms with E-state index in [1.54, 1.807) is 0 Å². The molecule has 1 amide bonds. The van der Waals surface area contributed by atoms with E-state index in [9.17, 15) is 4.79 Å². The Morgan fingerprint density at radius 3 is 2.73 bits per heavy atom. The molecule has 1 aromatic rings. The molecule has 1 atom stereocenters. The number of rotatable bonds is 4. The van der Waals surface area contributed by atoms with Gasteiger partial charge in [0.15, 0.2) is 0 Å². The number of nitrogens with one attached hydrogen (secondary N) is 1. The minimum absolute atomic E-state index is 0.0214. The van der Waals surface area contributed by atoms with Crippen molar-refractivity contribution in [3.05, 3.63) is 28.7 Å². The van der Waals surface area contributed by atoms with Crippen LogP contribution in [0.15, 0.2) is 28.7 Å². The SMILES string of the molecule is CCC(CN)C(=O)Nc1ccccc1Br. The zero-order chi connectivity index (χ0) is 11.3. The number of hydrogen-bond acceptors (Lipinski definition) is 2. The Kier molecular flexibility index (Phi) is 4.78. The second kappa shape index (κ2) is 5.88. The van der Waals surface area contributed by atoms with Gasteiger partial charge in [-0.1, -0.05) is 19.1 Å². The molecule has 82 valence electrons. The Morgan fingerprint density at radius 1 is 1.53 bits per heavy atom. The average molecular weight is 271 g/mol. The fourth-order valence-corrected chi connectivity index (χ4v) is 1.64. The van der Waals surface area contributed by atoms with Gasteiger partial charge in [-0.15, -0.1) is 0 Å². The smallest absolute Gasteiger partial charge is 0.228 e. The first-order valence-electron chi connectivity index (χ1n) is 4.94. The third-order valence-corrected chi connectivity index (χ3v) is 2.97. The van der Waals surface area contributed by atoms with E-state index in [0.717, 1.165) is 16.6 Å². The van der Waals surface area contributed by atoms with Gasteiger partial charge in [0.05, 0.1) is 11.6 Å². The van der Waals surface area contributed by atoms with Crippen LogP contribution in [0.25, 0.3) is 0 Å². The summed E-state index contributed by atoms with van der Waals surface area (Å²) in [6.07, 6.45) is 0.757. The summed E-state index contributed by atoms with van der Waals surface area (Å²) in [6.45, 7) is 2.34. The summed E-state index contributed by atoms with van der Waals surface area (Å²) < 4.78 is 0.880. The predicted octanol–water partition coefficient (Wildman–Crippen LogP) is 2.37. The van der Waals surface area contributed by atoms with Gasteiger partial charge in [-0.25, -0.2) is 0 Å². The number of carbonyl (C=O) groups is 1. The molecular weight excluding hydrogens is 256 g/mol. The minimum Gasteiger partial charge on any atom is -0.330 e. The highest BCUT2D eigenvalue weighted by atomic mass is 79.9. The number of benzene rings is 1. The molecule has 1 rings (SSSR count). The van der Waals surface area contributed by atoms with Crippen LogP contribution in [0.4, 0.5) is 5.69 Å². The molecule has 3 N–H and O–H groups in total. The fourth-order valence-electron chi connectivity index (χ4n) is 1.26. The van der Waals surface area contributed by atoms with Gasteiger partial charge < -0.3 is 11.1 Å². The average Bonchev–Trinajstić information content (AvgIpc) is 2.23. The van der Waals surface area contributed by atoms with Crippen LogP contribution in [0.3, 0.4) is 0 Å². The lowest BCUT2D eigenvalue weighted by molar-refractivity contribution is -0.119. The first kappa shape index (κ1) is 12.2. The van der Waals surface area contributed by atoms with Gasteiger partial charge >= 0.3 is 0 Å². The Bertz CT molecular complexity index is 337. The number of para-hydroxylation sites is 1. The summed E-state index contributed by atoms with van der Waals surface area (Å²) in [6, 6.07) is 7.52. The standard InChI is InChI=1S/C11H15BrN2O/c1-2-8(7-13)11(15)14-10-6-4-3-5-9(10)12/h3-6,8H,2,7,13H2,1H3,(H,14,15). The number of anilines is 1. The highest BCUT2D eigenvalue weighted by Gasteiger charge is 2.14. The van der Waals surface area contributed by atoms with Gasteiger partial charge in [0, 0.05) is 11.0 Å². The van der Waals surface area contributed by atoms with Crippen molar-refractivity contribution in [1.29, 1.82) is 0 Å². The zero-order valence-electron chi connectivity index (χ0n) is 8.66. The maximum atomic E-state index is 11.7. The molecule has 0 aliphatic rings. The Labute approximate surface area is 98.2 Å². The molecule has 0 heterocycles. The van der Waals surface area contributed by atoms with Gasteiger partial charge in [0.2, 0.25) is 5.91 Å². The Morgan fingerprint density at radius 2 is 2.20 bits per heavy atom. The number of nitrogens with two attached hydrogens (primary N) is 1. The maximum absolute atomic E-state index is 11.7. The number of hydrogen-bond donors (Lipinski definition) is 2. The summed E-state index contributed by atoms with van der Waals surface area (Å²) in [5, 5.41) is 2.85. The second-order valence-corrected chi connectivity index (χ2v) is 4.16. The quantitative estimate of drug-likeness (QED) is 0.883. The van der Waals surface area contributed by atoms with E-state index in [1.807, 2.05) is 31.2 Å². The van der Waals surface area contributed by atoms with Crippen LogP contribution in [-0.4, -0.2) is 12.5 Å². The van der Waals surface area contributed by atoms with Crippen molar-refractivity contribution < 1.29 is 4.79 Å². The molecule has 1 unspecified atom stereocenters. The molecule has 0 aromatic heterocycles. The topological polar surface area (TPSA) is 55.1 Å². The van der Waals surface area contributed by atoms with E-state index in [1.165, 1.54) is 0 Å². The van der Waals surface area contributed by atoms with Crippen LogP contribution in [0.2, 0.25) is 0 Å². The van der Waals surface area contributed by atoms with E-state index in [-0.39, 0.29) is 11.8 Å². The number of halogens is 1. The van der Waals surface area contributed by atoms with Gasteiger partial charge in [0.1, 0.15) is 0 Å². The van der Waals surface area contributed by atoms with E-state index < -0.39 is 0 Å². The Hall–Kier alpha value is -0.870. The normalized spacial score (nSPS) is 12.2. The zero-order valence-corrected chi connectivity index (χ0v) is 10.3. The lowest BCUT2D eigenvalue weighted by Gasteiger charge is -2.13. The molecule has 0 aliphatic carbocycles. The van der Waals surface area contributed by atoms with E-state index in [2.05, 4.69) is 21.2 Å². The largest absolute Gasteiger partial charge is 0.330 e. The minimum atomic E-state index is -0.114. The third kappa shape index (κ3) is 3.32. The van der Waals surface area contributed by atoms with Crippen LogP contribution < -0.4 is 11.1 Å². The molecular formula is C11H15BrN2O. The fraction of sp³-hybridized carbons (Fsp3) is 0.364. The lowest BCUT2D eigenvalue weighted by Crippen LogP contribution is -2.28. The maximum Gasteiger partial charge on any atom is 0.228 e. The molecule has 0 radical (unpaired) electrons. The molecule has 0 bridgehead atoms. The van der Waals surface area contributed by atoms with Crippen molar-refractivity contribution in [2.45, 2.75) is 13.3 Å². The molecule has 0 saturated heterocycles. The van der Waals surface area contributed by atoms with E-state index >= 15 is 0 Å². The van der Waals surface area contributed by atoms with Crippen LogP contribution >= 0.6 is 15.9 Å². The van der Waals surface area contributed by atoms with Crippen LogP contribution in [-0.2, 0) is 4.79 Å². The van der Waals surface area contributed by atoms with Crippen LogP contribution in [0.1, 0.15) is 13.3 Å². The monoisotopic (exact) mass is 270 g/mol. The van der Waals surface area contributed by atoms with Gasteiger partial charge in [0.25, 0.3) is 0 Å².